The van der Waals surface area contributed by atoms with Crippen molar-refractivity contribution in [1.29, 1.82) is 0 Å². The first-order valence-electron chi connectivity index (χ1n) is 6.32. The number of non-ortho nitro benzene ring substituents is 1. The van der Waals surface area contributed by atoms with Gasteiger partial charge in [-0.3, -0.25) is 10.1 Å². The lowest BCUT2D eigenvalue weighted by atomic mass is 10.1. The number of nitro groups is 1. The van der Waals surface area contributed by atoms with Crippen LogP contribution in [0, 0.1) is 10.1 Å². The molecular weight excluding hydrogens is 372 g/mol. The van der Waals surface area contributed by atoms with E-state index in [4.69, 9.17) is 0 Å². The molecule has 2 aromatic carbocycles. The SMILES string of the molecule is C[C@@H](NS(=O)(=O)c1cc([N+](=O)[O-])ccc1Br)c1ccccc1. The molecule has 1 N–H and O–H groups in total. The largest absolute Gasteiger partial charge is 0.270 e. The Morgan fingerprint density at radius 2 is 1.82 bits per heavy atom. The number of nitro benzene ring substituents is 1. The summed E-state index contributed by atoms with van der Waals surface area (Å²) in [7, 11) is -3.90. The van der Waals surface area contributed by atoms with Crippen LogP contribution in [0.4, 0.5) is 5.69 Å². The Morgan fingerprint density at radius 3 is 2.41 bits per heavy atom. The van der Waals surface area contributed by atoms with Crippen LogP contribution in [-0.4, -0.2) is 13.3 Å². The third-order valence-electron chi connectivity index (χ3n) is 3.05. The first kappa shape index (κ1) is 16.6. The molecule has 6 nitrogen and oxygen atoms in total. The predicted octanol–water partition coefficient (Wildman–Crippen LogP) is 3.40. The summed E-state index contributed by atoms with van der Waals surface area (Å²) in [5.74, 6) is 0. The van der Waals surface area contributed by atoms with Crippen LogP contribution in [-0.2, 0) is 10.0 Å². The fraction of sp³-hybridized carbons (Fsp3) is 0.143. The summed E-state index contributed by atoms with van der Waals surface area (Å²) in [5.41, 5.74) is 0.517. The number of benzene rings is 2. The Bertz CT molecular complexity index is 794. The van der Waals surface area contributed by atoms with Crippen molar-refractivity contribution in [2.45, 2.75) is 17.9 Å². The molecule has 0 heterocycles. The van der Waals surface area contributed by atoms with Crippen LogP contribution in [0.2, 0.25) is 0 Å². The minimum Gasteiger partial charge on any atom is -0.258 e. The van der Waals surface area contributed by atoms with Crippen molar-refractivity contribution in [3.63, 3.8) is 0 Å². The average Bonchev–Trinajstić information content (AvgIpc) is 2.47. The van der Waals surface area contributed by atoms with E-state index < -0.39 is 21.0 Å². The van der Waals surface area contributed by atoms with Crippen LogP contribution in [0.1, 0.15) is 18.5 Å². The molecule has 2 rings (SSSR count). The molecule has 22 heavy (non-hydrogen) atoms. The van der Waals surface area contributed by atoms with E-state index in [0.29, 0.717) is 0 Å². The molecular formula is C14H13BrN2O4S. The smallest absolute Gasteiger partial charge is 0.258 e. The number of rotatable bonds is 5. The Kier molecular flexibility index (Phi) is 4.94. The van der Waals surface area contributed by atoms with Crippen molar-refractivity contribution in [2.24, 2.45) is 0 Å². The molecule has 0 saturated heterocycles. The summed E-state index contributed by atoms with van der Waals surface area (Å²) in [6.45, 7) is 1.71. The molecule has 2 aromatic rings. The quantitative estimate of drug-likeness (QED) is 0.631. The van der Waals surface area contributed by atoms with Crippen LogP contribution in [0.25, 0.3) is 0 Å². The average molecular weight is 385 g/mol. The summed E-state index contributed by atoms with van der Waals surface area (Å²) >= 11 is 3.12. The number of halogens is 1. The molecule has 0 aliphatic rings. The molecule has 0 amide bonds. The first-order chi connectivity index (χ1) is 10.3. The minimum atomic E-state index is -3.90. The normalized spacial score (nSPS) is 12.8. The van der Waals surface area contributed by atoms with Gasteiger partial charge in [-0.15, -0.1) is 0 Å². The molecule has 0 unspecified atom stereocenters. The molecule has 0 aliphatic carbocycles. The van der Waals surface area contributed by atoms with Crippen molar-refractivity contribution >= 4 is 31.6 Å². The molecule has 116 valence electrons. The van der Waals surface area contributed by atoms with Crippen molar-refractivity contribution < 1.29 is 13.3 Å². The van der Waals surface area contributed by atoms with E-state index in [9.17, 15) is 18.5 Å². The van der Waals surface area contributed by atoms with Crippen molar-refractivity contribution in [2.75, 3.05) is 0 Å². The van der Waals surface area contributed by atoms with Gasteiger partial charge in [-0.2, -0.15) is 0 Å². The minimum absolute atomic E-state index is 0.163. The Balaban J connectivity index is 2.35. The zero-order valence-electron chi connectivity index (χ0n) is 11.6. The Morgan fingerprint density at radius 1 is 1.18 bits per heavy atom. The van der Waals surface area contributed by atoms with Crippen LogP contribution in [0.3, 0.4) is 0 Å². The second-order valence-electron chi connectivity index (χ2n) is 4.63. The fourth-order valence-corrected chi connectivity index (χ4v) is 4.13. The maximum atomic E-state index is 12.4. The lowest BCUT2D eigenvalue weighted by Gasteiger charge is -2.15. The Labute approximate surface area is 136 Å². The van der Waals surface area contributed by atoms with E-state index >= 15 is 0 Å². The number of sulfonamides is 1. The van der Waals surface area contributed by atoms with Gasteiger partial charge in [0.05, 0.1) is 4.92 Å². The molecule has 0 fully saturated rings. The van der Waals surface area contributed by atoms with Crippen molar-refractivity contribution in [3.8, 4) is 0 Å². The molecule has 1 atom stereocenters. The van der Waals surface area contributed by atoms with Crippen molar-refractivity contribution in [1.82, 2.24) is 4.72 Å². The molecule has 0 spiro atoms. The summed E-state index contributed by atoms with van der Waals surface area (Å²) in [5, 5.41) is 10.8. The standard InChI is InChI=1S/C14H13BrN2O4S/c1-10(11-5-3-2-4-6-11)16-22(20,21)14-9-12(17(18)19)7-8-13(14)15/h2-10,16H,1H3/t10-/m1/s1. The van der Waals surface area contributed by atoms with E-state index in [2.05, 4.69) is 20.7 Å². The summed E-state index contributed by atoms with van der Waals surface area (Å²) in [6.07, 6.45) is 0. The number of nitrogens with zero attached hydrogens (tertiary/aromatic N) is 1. The second-order valence-corrected chi connectivity index (χ2v) is 7.16. The monoisotopic (exact) mass is 384 g/mol. The number of hydrogen-bond acceptors (Lipinski definition) is 4. The lowest BCUT2D eigenvalue weighted by molar-refractivity contribution is -0.385. The maximum absolute atomic E-state index is 12.4. The predicted molar refractivity (Wildman–Crippen MR) is 86.0 cm³/mol. The van der Waals surface area contributed by atoms with E-state index in [-0.39, 0.29) is 15.1 Å². The number of hydrogen-bond donors (Lipinski definition) is 1. The number of nitrogens with one attached hydrogen (secondary N) is 1. The zero-order valence-corrected chi connectivity index (χ0v) is 14.0. The highest BCUT2D eigenvalue weighted by Crippen LogP contribution is 2.27. The van der Waals surface area contributed by atoms with Gasteiger partial charge in [0.15, 0.2) is 0 Å². The molecule has 0 radical (unpaired) electrons. The first-order valence-corrected chi connectivity index (χ1v) is 8.60. The summed E-state index contributed by atoms with van der Waals surface area (Å²) in [6, 6.07) is 12.2. The molecule has 8 heteroatoms. The topological polar surface area (TPSA) is 89.3 Å². The van der Waals surface area contributed by atoms with Gasteiger partial charge in [0.1, 0.15) is 4.90 Å². The lowest BCUT2D eigenvalue weighted by Crippen LogP contribution is -2.27. The summed E-state index contributed by atoms with van der Waals surface area (Å²) < 4.78 is 27.7. The third-order valence-corrected chi connectivity index (χ3v) is 5.58. The second kappa shape index (κ2) is 6.55. The van der Waals surface area contributed by atoms with Crippen LogP contribution in [0.5, 0.6) is 0 Å². The van der Waals surface area contributed by atoms with Gasteiger partial charge in [-0.05, 0) is 34.5 Å². The zero-order chi connectivity index (χ0) is 16.3. The Hall–Kier alpha value is -1.77. The highest BCUT2D eigenvalue weighted by atomic mass is 79.9. The third kappa shape index (κ3) is 3.70. The van der Waals surface area contributed by atoms with E-state index in [1.165, 1.54) is 12.1 Å². The van der Waals surface area contributed by atoms with Gasteiger partial charge in [-0.25, -0.2) is 13.1 Å². The fourth-order valence-electron chi connectivity index (χ4n) is 1.92. The maximum Gasteiger partial charge on any atom is 0.270 e. The van der Waals surface area contributed by atoms with Gasteiger partial charge in [-0.1, -0.05) is 30.3 Å². The van der Waals surface area contributed by atoms with Crippen molar-refractivity contribution in [3.05, 3.63) is 68.7 Å². The molecule has 0 aliphatic heterocycles. The van der Waals surface area contributed by atoms with E-state index in [1.807, 2.05) is 18.2 Å². The van der Waals surface area contributed by atoms with E-state index in [0.717, 1.165) is 11.6 Å². The van der Waals surface area contributed by atoms with Gasteiger partial charge < -0.3 is 0 Å². The summed E-state index contributed by atoms with van der Waals surface area (Å²) in [4.78, 5) is 10.0. The van der Waals surface area contributed by atoms with Crippen LogP contribution >= 0.6 is 15.9 Å². The molecule has 0 aromatic heterocycles. The highest BCUT2D eigenvalue weighted by molar-refractivity contribution is 9.10. The highest BCUT2D eigenvalue weighted by Gasteiger charge is 2.23. The van der Waals surface area contributed by atoms with Gasteiger partial charge in [0.25, 0.3) is 5.69 Å². The molecule has 0 saturated carbocycles. The van der Waals surface area contributed by atoms with Crippen LogP contribution < -0.4 is 4.72 Å². The van der Waals surface area contributed by atoms with E-state index in [1.54, 1.807) is 19.1 Å². The van der Waals surface area contributed by atoms with Gasteiger partial charge in [0.2, 0.25) is 10.0 Å². The van der Waals surface area contributed by atoms with Crippen LogP contribution in [0.15, 0.2) is 57.9 Å². The molecule has 0 bridgehead atoms. The van der Waals surface area contributed by atoms with Gasteiger partial charge in [0, 0.05) is 22.6 Å². The van der Waals surface area contributed by atoms with Gasteiger partial charge >= 0.3 is 0 Å².